The second kappa shape index (κ2) is 3.68. The summed E-state index contributed by atoms with van der Waals surface area (Å²) in [6.45, 7) is 0. The molecule has 1 unspecified atom stereocenters. The predicted molar refractivity (Wildman–Crippen MR) is 51.9 cm³/mol. The van der Waals surface area contributed by atoms with Gasteiger partial charge in [0, 0.05) is 5.56 Å². The molecular formula is C8H7Br2F. The first-order chi connectivity index (χ1) is 5.17. The Morgan fingerprint density at radius 3 is 2.27 bits per heavy atom. The highest BCUT2D eigenvalue weighted by Crippen LogP contribution is 2.34. The molecule has 0 bridgehead atoms. The summed E-state index contributed by atoms with van der Waals surface area (Å²) in [7, 11) is 0. The quantitative estimate of drug-likeness (QED) is 0.727. The number of alkyl halides is 3. The standard InChI is InChI=1S/C8H7Br2F/c9-6-8(10,11)7-4-2-1-3-5-7/h1-5H,6H2. The van der Waals surface area contributed by atoms with Gasteiger partial charge in [-0.2, -0.15) is 0 Å². The highest BCUT2D eigenvalue weighted by atomic mass is 79.9. The molecular weight excluding hydrogens is 275 g/mol. The van der Waals surface area contributed by atoms with Crippen LogP contribution in [0.2, 0.25) is 0 Å². The van der Waals surface area contributed by atoms with Crippen LogP contribution in [0.1, 0.15) is 5.56 Å². The maximum atomic E-state index is 13.4. The van der Waals surface area contributed by atoms with Crippen LogP contribution in [0.15, 0.2) is 30.3 Å². The Morgan fingerprint density at radius 1 is 1.27 bits per heavy atom. The summed E-state index contributed by atoms with van der Waals surface area (Å²) < 4.78 is 12.0. The van der Waals surface area contributed by atoms with E-state index in [2.05, 4.69) is 31.9 Å². The molecule has 0 N–H and O–H groups in total. The molecule has 1 rings (SSSR count). The molecule has 0 radical (unpaired) electrons. The maximum absolute atomic E-state index is 13.4. The highest BCUT2D eigenvalue weighted by Gasteiger charge is 2.25. The van der Waals surface area contributed by atoms with Crippen LogP contribution in [0.3, 0.4) is 0 Å². The van der Waals surface area contributed by atoms with E-state index in [1.54, 1.807) is 12.1 Å². The fourth-order valence-corrected chi connectivity index (χ4v) is 1.35. The van der Waals surface area contributed by atoms with Crippen molar-refractivity contribution in [2.75, 3.05) is 5.33 Å². The molecule has 0 aliphatic carbocycles. The Kier molecular flexibility index (Phi) is 3.07. The zero-order chi connectivity index (χ0) is 8.32. The van der Waals surface area contributed by atoms with Gasteiger partial charge in [0.2, 0.25) is 0 Å². The topological polar surface area (TPSA) is 0 Å². The number of rotatable bonds is 2. The summed E-state index contributed by atoms with van der Waals surface area (Å²) in [4.78, 5) is 0. The molecule has 60 valence electrons. The Morgan fingerprint density at radius 2 is 1.82 bits per heavy atom. The Balaban J connectivity index is 2.93. The van der Waals surface area contributed by atoms with Crippen molar-refractivity contribution in [2.24, 2.45) is 0 Å². The van der Waals surface area contributed by atoms with Crippen LogP contribution < -0.4 is 0 Å². The third-order valence-corrected chi connectivity index (χ3v) is 3.63. The van der Waals surface area contributed by atoms with Crippen molar-refractivity contribution >= 4 is 31.9 Å². The van der Waals surface area contributed by atoms with Gasteiger partial charge in [0.25, 0.3) is 0 Å². The van der Waals surface area contributed by atoms with Gasteiger partial charge < -0.3 is 0 Å². The van der Waals surface area contributed by atoms with Gasteiger partial charge in [-0.15, -0.1) is 0 Å². The van der Waals surface area contributed by atoms with Crippen LogP contribution in [0.25, 0.3) is 0 Å². The second-order valence-electron chi connectivity index (χ2n) is 2.20. The Hall–Kier alpha value is 0.110. The minimum Gasteiger partial charge on any atom is -0.225 e. The first kappa shape index (κ1) is 9.20. The van der Waals surface area contributed by atoms with Crippen LogP contribution in [0, 0.1) is 0 Å². The summed E-state index contributed by atoms with van der Waals surface area (Å²) in [5, 5.41) is 0.254. The molecule has 0 aliphatic heterocycles. The Bertz CT molecular complexity index is 221. The molecule has 0 aliphatic rings. The highest BCUT2D eigenvalue weighted by molar-refractivity contribution is 9.12. The summed E-state index contributed by atoms with van der Waals surface area (Å²) >= 11 is 6.06. The van der Waals surface area contributed by atoms with Gasteiger partial charge in [-0.1, -0.05) is 46.3 Å². The van der Waals surface area contributed by atoms with Crippen molar-refractivity contribution in [2.45, 2.75) is 4.58 Å². The average Bonchev–Trinajstić information content (AvgIpc) is 2.06. The normalized spacial score (nSPS) is 15.9. The maximum Gasteiger partial charge on any atom is 0.199 e. The molecule has 0 saturated carbocycles. The van der Waals surface area contributed by atoms with E-state index < -0.39 is 4.58 Å². The third kappa shape index (κ3) is 2.27. The minimum atomic E-state index is -1.44. The summed E-state index contributed by atoms with van der Waals surface area (Å²) in [5.41, 5.74) is 0.636. The molecule has 0 amide bonds. The summed E-state index contributed by atoms with van der Waals surface area (Å²) in [6.07, 6.45) is 0. The van der Waals surface area contributed by atoms with E-state index in [1.807, 2.05) is 18.2 Å². The molecule has 0 nitrogen and oxygen atoms in total. The lowest BCUT2D eigenvalue weighted by atomic mass is 10.1. The van der Waals surface area contributed by atoms with Gasteiger partial charge in [0.05, 0.1) is 5.33 Å². The number of halogens is 3. The zero-order valence-electron chi connectivity index (χ0n) is 5.73. The molecule has 0 heterocycles. The van der Waals surface area contributed by atoms with Gasteiger partial charge in [-0.05, 0) is 15.9 Å². The fourth-order valence-electron chi connectivity index (χ4n) is 0.759. The number of hydrogen-bond acceptors (Lipinski definition) is 0. The zero-order valence-corrected chi connectivity index (χ0v) is 8.90. The van der Waals surface area contributed by atoms with E-state index in [0.717, 1.165) is 0 Å². The van der Waals surface area contributed by atoms with Crippen molar-refractivity contribution in [3.63, 3.8) is 0 Å². The van der Waals surface area contributed by atoms with Crippen molar-refractivity contribution in [1.29, 1.82) is 0 Å². The second-order valence-corrected chi connectivity index (χ2v) is 4.02. The van der Waals surface area contributed by atoms with Crippen molar-refractivity contribution in [1.82, 2.24) is 0 Å². The van der Waals surface area contributed by atoms with E-state index >= 15 is 0 Å². The van der Waals surface area contributed by atoms with E-state index in [9.17, 15) is 4.39 Å². The minimum absolute atomic E-state index is 0.254. The monoisotopic (exact) mass is 280 g/mol. The third-order valence-electron chi connectivity index (χ3n) is 1.36. The van der Waals surface area contributed by atoms with Gasteiger partial charge in [-0.25, -0.2) is 4.39 Å². The molecule has 11 heavy (non-hydrogen) atoms. The summed E-state index contributed by atoms with van der Waals surface area (Å²) in [5.74, 6) is 0. The molecule has 1 atom stereocenters. The van der Waals surface area contributed by atoms with E-state index in [4.69, 9.17) is 0 Å². The van der Waals surface area contributed by atoms with Gasteiger partial charge >= 0.3 is 0 Å². The lowest BCUT2D eigenvalue weighted by Gasteiger charge is -2.14. The molecule has 1 aromatic carbocycles. The first-order valence-corrected chi connectivity index (χ1v) is 5.07. The number of benzene rings is 1. The molecule has 0 fully saturated rings. The smallest absolute Gasteiger partial charge is 0.199 e. The fraction of sp³-hybridized carbons (Fsp3) is 0.250. The summed E-state index contributed by atoms with van der Waals surface area (Å²) in [6, 6.07) is 8.98. The van der Waals surface area contributed by atoms with E-state index in [-0.39, 0.29) is 5.33 Å². The van der Waals surface area contributed by atoms with Crippen LogP contribution >= 0.6 is 31.9 Å². The van der Waals surface area contributed by atoms with Crippen molar-refractivity contribution in [3.8, 4) is 0 Å². The molecule has 0 saturated heterocycles. The molecule has 3 heteroatoms. The van der Waals surface area contributed by atoms with Crippen LogP contribution in [-0.2, 0) is 4.58 Å². The molecule has 1 aromatic rings. The largest absolute Gasteiger partial charge is 0.225 e. The van der Waals surface area contributed by atoms with Crippen LogP contribution in [-0.4, -0.2) is 5.33 Å². The lowest BCUT2D eigenvalue weighted by molar-refractivity contribution is 0.344. The van der Waals surface area contributed by atoms with Crippen molar-refractivity contribution in [3.05, 3.63) is 35.9 Å². The van der Waals surface area contributed by atoms with Crippen LogP contribution in [0.4, 0.5) is 4.39 Å². The Labute approximate surface area is 82.1 Å². The average molecular weight is 282 g/mol. The van der Waals surface area contributed by atoms with Gasteiger partial charge in [0.1, 0.15) is 0 Å². The van der Waals surface area contributed by atoms with E-state index in [0.29, 0.717) is 5.56 Å². The lowest BCUT2D eigenvalue weighted by Crippen LogP contribution is -2.11. The van der Waals surface area contributed by atoms with Gasteiger partial charge in [-0.3, -0.25) is 0 Å². The van der Waals surface area contributed by atoms with Crippen LogP contribution in [0.5, 0.6) is 0 Å². The number of hydrogen-bond donors (Lipinski definition) is 0. The molecule has 0 spiro atoms. The first-order valence-electron chi connectivity index (χ1n) is 3.16. The van der Waals surface area contributed by atoms with Gasteiger partial charge in [0.15, 0.2) is 4.58 Å². The van der Waals surface area contributed by atoms with E-state index in [1.165, 1.54) is 0 Å². The SMILES string of the molecule is FC(Br)(CBr)c1ccccc1. The predicted octanol–water partition coefficient (Wildman–Crippen LogP) is 3.60. The van der Waals surface area contributed by atoms with Crippen molar-refractivity contribution < 1.29 is 4.39 Å². The molecule has 0 aromatic heterocycles.